The Morgan fingerprint density at radius 3 is 2.90 bits per heavy atom. The summed E-state index contributed by atoms with van der Waals surface area (Å²) in [4.78, 5) is 23.2. The molecule has 1 amide bonds. The Kier molecular flexibility index (Phi) is 5.06. The molecule has 5 heteroatoms. The van der Waals surface area contributed by atoms with Gasteiger partial charge in [-0.2, -0.15) is 12.6 Å². The third-order valence-electron chi connectivity index (χ3n) is 3.42. The molecule has 1 aromatic carbocycles. The quantitative estimate of drug-likeness (QED) is 0.660. The van der Waals surface area contributed by atoms with Gasteiger partial charge in [0, 0.05) is 12.7 Å². The van der Waals surface area contributed by atoms with Crippen LogP contribution in [0.1, 0.15) is 37.0 Å². The third kappa shape index (κ3) is 3.54. The fourth-order valence-electron chi connectivity index (χ4n) is 2.48. The molecule has 0 radical (unpaired) electrons. The first kappa shape index (κ1) is 14.9. The smallest absolute Gasteiger partial charge is 0.330 e. The summed E-state index contributed by atoms with van der Waals surface area (Å²) in [6.45, 7) is 1.37. The molecular weight excluding hydrogens is 274 g/mol. The average Bonchev–Trinajstić information content (AvgIpc) is 2.45. The first-order valence-electron chi connectivity index (χ1n) is 6.78. The Balaban J connectivity index is 2.07. The van der Waals surface area contributed by atoms with Crippen molar-refractivity contribution in [2.24, 2.45) is 0 Å². The number of carbonyl (C=O) groups is 2. The first-order chi connectivity index (χ1) is 9.61. The van der Waals surface area contributed by atoms with Crippen LogP contribution in [0.4, 0.5) is 0 Å². The van der Waals surface area contributed by atoms with Gasteiger partial charge in [-0.25, -0.2) is 4.79 Å². The van der Waals surface area contributed by atoms with E-state index in [-0.39, 0.29) is 17.8 Å². The lowest BCUT2D eigenvalue weighted by atomic mass is 9.89. The number of rotatable bonds is 4. The van der Waals surface area contributed by atoms with Crippen molar-refractivity contribution in [1.82, 2.24) is 5.32 Å². The zero-order valence-electron chi connectivity index (χ0n) is 11.5. The van der Waals surface area contributed by atoms with Crippen LogP contribution in [-0.2, 0) is 20.7 Å². The second-order valence-electron chi connectivity index (χ2n) is 4.95. The number of aryl methyl sites for hydroxylation is 1. The lowest BCUT2D eigenvalue weighted by molar-refractivity contribution is -0.153. The van der Waals surface area contributed by atoms with E-state index in [1.54, 1.807) is 0 Å². The molecule has 2 atom stereocenters. The summed E-state index contributed by atoms with van der Waals surface area (Å²) in [6.07, 6.45) is 2.62. The fourth-order valence-corrected chi connectivity index (χ4v) is 2.72. The topological polar surface area (TPSA) is 55.4 Å². The van der Waals surface area contributed by atoms with Gasteiger partial charge in [-0.05, 0) is 30.4 Å². The summed E-state index contributed by atoms with van der Waals surface area (Å²) < 4.78 is 5.57. The van der Waals surface area contributed by atoms with Crippen LogP contribution < -0.4 is 5.32 Å². The number of nitrogens with one attached hydrogen (secondary N) is 1. The van der Waals surface area contributed by atoms with Crippen molar-refractivity contribution in [3.05, 3.63) is 35.4 Å². The average molecular weight is 293 g/mol. The zero-order valence-corrected chi connectivity index (χ0v) is 12.4. The minimum atomic E-state index is -0.690. The predicted octanol–water partition coefficient (Wildman–Crippen LogP) is 2.04. The van der Waals surface area contributed by atoms with Gasteiger partial charge in [0.2, 0.25) is 5.91 Å². The van der Waals surface area contributed by atoms with E-state index in [1.807, 2.05) is 18.2 Å². The van der Waals surface area contributed by atoms with Gasteiger partial charge in [0.25, 0.3) is 0 Å². The molecule has 0 spiro atoms. The van der Waals surface area contributed by atoms with Crippen molar-refractivity contribution in [3.8, 4) is 0 Å². The minimum Gasteiger partial charge on any atom is -0.456 e. The van der Waals surface area contributed by atoms with E-state index >= 15 is 0 Å². The molecule has 0 fully saturated rings. The molecule has 0 aliphatic heterocycles. The number of esters is 1. The van der Waals surface area contributed by atoms with Crippen molar-refractivity contribution in [2.75, 3.05) is 5.75 Å². The van der Waals surface area contributed by atoms with Crippen molar-refractivity contribution >= 4 is 24.5 Å². The van der Waals surface area contributed by atoms with E-state index in [4.69, 9.17) is 4.74 Å². The van der Waals surface area contributed by atoms with E-state index in [9.17, 15) is 9.59 Å². The van der Waals surface area contributed by atoms with Crippen molar-refractivity contribution in [1.29, 1.82) is 0 Å². The van der Waals surface area contributed by atoms with Gasteiger partial charge in [0.1, 0.15) is 12.1 Å². The predicted molar refractivity (Wildman–Crippen MR) is 79.7 cm³/mol. The monoisotopic (exact) mass is 293 g/mol. The molecule has 4 nitrogen and oxygen atoms in total. The SMILES string of the molecule is CC(=O)NC(CS)C(=O)OC1CCCc2ccccc21. The Labute approximate surface area is 124 Å². The Morgan fingerprint density at radius 2 is 2.20 bits per heavy atom. The molecule has 1 aromatic rings. The van der Waals surface area contributed by atoms with Gasteiger partial charge in [0.05, 0.1) is 0 Å². The van der Waals surface area contributed by atoms with Crippen LogP contribution in [0, 0.1) is 0 Å². The van der Waals surface area contributed by atoms with E-state index in [0.717, 1.165) is 24.8 Å². The van der Waals surface area contributed by atoms with E-state index in [1.165, 1.54) is 12.5 Å². The number of fused-ring (bicyclic) bond motifs is 1. The number of amides is 1. The zero-order chi connectivity index (χ0) is 14.5. The number of hydrogen-bond donors (Lipinski definition) is 2. The second kappa shape index (κ2) is 6.79. The minimum absolute atomic E-state index is 0.219. The molecular formula is C15H19NO3S. The summed E-state index contributed by atoms with van der Waals surface area (Å²) in [6, 6.07) is 7.33. The standard InChI is InChI=1S/C15H19NO3S/c1-10(17)16-13(9-20)15(18)19-14-8-4-6-11-5-2-3-7-12(11)14/h2-3,5,7,13-14,20H,4,6,8-9H2,1H3,(H,16,17). The summed E-state index contributed by atoms with van der Waals surface area (Å²) in [5, 5.41) is 2.55. The Hall–Kier alpha value is -1.49. The Morgan fingerprint density at radius 1 is 1.45 bits per heavy atom. The van der Waals surface area contributed by atoms with E-state index in [2.05, 4.69) is 24.0 Å². The molecule has 0 saturated carbocycles. The number of hydrogen-bond acceptors (Lipinski definition) is 4. The lowest BCUT2D eigenvalue weighted by Crippen LogP contribution is -2.42. The van der Waals surface area contributed by atoms with E-state index in [0.29, 0.717) is 0 Å². The molecule has 20 heavy (non-hydrogen) atoms. The maximum absolute atomic E-state index is 12.1. The summed E-state index contributed by atoms with van der Waals surface area (Å²) >= 11 is 4.09. The maximum atomic E-state index is 12.1. The molecule has 1 aliphatic carbocycles. The van der Waals surface area contributed by atoms with Gasteiger partial charge in [-0.3, -0.25) is 4.79 Å². The number of carbonyl (C=O) groups excluding carboxylic acids is 2. The van der Waals surface area contributed by atoms with Crippen molar-refractivity contribution in [3.63, 3.8) is 0 Å². The maximum Gasteiger partial charge on any atom is 0.330 e. The molecule has 0 bridgehead atoms. The van der Waals surface area contributed by atoms with Gasteiger partial charge < -0.3 is 10.1 Å². The molecule has 2 unspecified atom stereocenters. The van der Waals surface area contributed by atoms with Crippen LogP contribution in [0.15, 0.2) is 24.3 Å². The van der Waals surface area contributed by atoms with Gasteiger partial charge in [-0.15, -0.1) is 0 Å². The number of thiol groups is 1. The molecule has 1 aliphatic rings. The van der Waals surface area contributed by atoms with Crippen molar-refractivity contribution < 1.29 is 14.3 Å². The van der Waals surface area contributed by atoms with Crippen LogP contribution in [0.25, 0.3) is 0 Å². The highest BCUT2D eigenvalue weighted by Gasteiger charge is 2.27. The summed E-state index contributed by atoms with van der Waals surface area (Å²) in [5.41, 5.74) is 2.31. The highest BCUT2D eigenvalue weighted by molar-refractivity contribution is 7.80. The molecule has 2 rings (SSSR count). The van der Waals surface area contributed by atoms with E-state index < -0.39 is 12.0 Å². The molecule has 1 N–H and O–H groups in total. The van der Waals surface area contributed by atoms with Gasteiger partial charge in [0.15, 0.2) is 0 Å². The Bertz CT molecular complexity index is 504. The van der Waals surface area contributed by atoms with Crippen LogP contribution in [0.3, 0.4) is 0 Å². The molecule has 0 saturated heterocycles. The molecule has 0 heterocycles. The number of ether oxygens (including phenoxy) is 1. The van der Waals surface area contributed by atoms with Crippen LogP contribution in [-0.4, -0.2) is 23.7 Å². The fraction of sp³-hybridized carbons (Fsp3) is 0.467. The highest BCUT2D eigenvalue weighted by atomic mass is 32.1. The largest absolute Gasteiger partial charge is 0.456 e. The molecule has 0 aromatic heterocycles. The molecule has 108 valence electrons. The van der Waals surface area contributed by atoms with Crippen LogP contribution in [0.2, 0.25) is 0 Å². The normalized spacial score (nSPS) is 18.8. The first-order valence-corrected chi connectivity index (χ1v) is 7.41. The third-order valence-corrected chi connectivity index (χ3v) is 3.78. The summed E-state index contributed by atoms with van der Waals surface area (Å²) in [5.74, 6) is -0.450. The lowest BCUT2D eigenvalue weighted by Gasteiger charge is -2.27. The van der Waals surface area contributed by atoms with Crippen LogP contribution in [0.5, 0.6) is 0 Å². The second-order valence-corrected chi connectivity index (χ2v) is 5.32. The van der Waals surface area contributed by atoms with Gasteiger partial charge in [-0.1, -0.05) is 24.3 Å². The van der Waals surface area contributed by atoms with Crippen molar-refractivity contribution in [2.45, 2.75) is 38.3 Å². The van der Waals surface area contributed by atoms with Gasteiger partial charge >= 0.3 is 5.97 Å². The highest BCUT2D eigenvalue weighted by Crippen LogP contribution is 2.32. The summed E-state index contributed by atoms with van der Waals surface area (Å²) in [7, 11) is 0. The van der Waals surface area contributed by atoms with Crippen LogP contribution >= 0.6 is 12.6 Å². The number of benzene rings is 1.